The summed E-state index contributed by atoms with van der Waals surface area (Å²) in [5.41, 5.74) is 0. The lowest BCUT2D eigenvalue weighted by Gasteiger charge is -1.93. The number of hydrogen-bond donors (Lipinski definition) is 3. The van der Waals surface area contributed by atoms with Crippen LogP contribution in [-0.4, -0.2) is 17.0 Å². The third-order valence-electron chi connectivity index (χ3n) is 0.474. The number of quaternary nitrogens is 1. The van der Waals surface area contributed by atoms with E-state index in [9.17, 15) is 0 Å². The molecule has 6 heavy (non-hydrogen) atoms. The minimum atomic E-state index is -0.461. The molecule has 0 rings (SSSR count). The van der Waals surface area contributed by atoms with Gasteiger partial charge in [-0.1, -0.05) is 12.2 Å². The molecule has 0 bridgehead atoms. The van der Waals surface area contributed by atoms with Gasteiger partial charge in [0.25, 0.3) is 0 Å². The van der Waals surface area contributed by atoms with Crippen molar-refractivity contribution in [1.82, 2.24) is 0 Å². The second-order valence-electron chi connectivity index (χ2n) is 1.17. The maximum Gasteiger partial charge on any atom is 0.139 e. The highest BCUT2D eigenvalue weighted by Crippen LogP contribution is 1.58. The molecule has 0 aliphatic rings. The molecular weight excluding hydrogens is 82.0 g/mol. The van der Waals surface area contributed by atoms with Crippen molar-refractivity contribution in [2.45, 2.75) is 13.3 Å². The Labute approximate surface area is 36.7 Å². The largest absolute Gasteiger partial charge is 0.184 e. The Morgan fingerprint density at radius 3 is 2.00 bits per heavy atom. The van der Waals surface area contributed by atoms with Gasteiger partial charge in [0.2, 0.25) is 0 Å². The summed E-state index contributed by atoms with van der Waals surface area (Å²) in [5, 5.41) is 15.6. The second kappa shape index (κ2) is 3.08. The summed E-state index contributed by atoms with van der Waals surface area (Å²) in [6, 6.07) is 0. The number of hydrogen-bond acceptors (Lipinski definition) is 2. The molecule has 3 heteroatoms. The first-order valence-electron chi connectivity index (χ1n) is 2.01. The van der Waals surface area contributed by atoms with Crippen molar-refractivity contribution in [3.8, 4) is 0 Å². The standard InChI is InChI=1S/C3H9NO2/c1-2-3-4(5)6/h5-6H,2-3H2,1H3/p+1. The highest BCUT2D eigenvalue weighted by Gasteiger charge is 1.89. The molecule has 0 spiro atoms. The van der Waals surface area contributed by atoms with Crippen LogP contribution in [0.3, 0.4) is 0 Å². The first kappa shape index (κ1) is 5.88. The number of rotatable bonds is 2. The van der Waals surface area contributed by atoms with Crippen molar-refractivity contribution in [2.24, 2.45) is 0 Å². The lowest BCUT2D eigenvalue weighted by Crippen LogP contribution is -3.07. The van der Waals surface area contributed by atoms with Crippen molar-refractivity contribution < 1.29 is 15.6 Å². The molecule has 0 amide bonds. The third kappa shape index (κ3) is 3.88. The predicted octanol–water partition coefficient (Wildman–Crippen LogP) is -0.940. The Bertz CT molecular complexity index is 30.0. The summed E-state index contributed by atoms with van der Waals surface area (Å²) in [6.07, 6.45) is 0.794. The van der Waals surface area contributed by atoms with E-state index in [1.165, 1.54) is 0 Å². The van der Waals surface area contributed by atoms with Crippen LogP contribution in [-0.2, 0) is 0 Å². The van der Waals surface area contributed by atoms with Gasteiger partial charge in [0, 0.05) is 0 Å². The van der Waals surface area contributed by atoms with Gasteiger partial charge < -0.3 is 0 Å². The Hall–Kier alpha value is -0.120. The van der Waals surface area contributed by atoms with E-state index >= 15 is 0 Å². The maximum absolute atomic E-state index is 8.02. The van der Waals surface area contributed by atoms with Crippen LogP contribution in [0.4, 0.5) is 0 Å². The van der Waals surface area contributed by atoms with Crippen molar-refractivity contribution >= 4 is 0 Å². The number of hydroxylamine groups is 2. The Balaban J connectivity index is 2.63. The quantitative estimate of drug-likeness (QED) is 0.385. The average molecular weight is 92.1 g/mol. The first-order valence-corrected chi connectivity index (χ1v) is 2.01. The summed E-state index contributed by atoms with van der Waals surface area (Å²) in [5.74, 6) is 0. The van der Waals surface area contributed by atoms with E-state index < -0.39 is 5.23 Å². The lowest BCUT2D eigenvalue weighted by molar-refractivity contribution is -1.24. The molecule has 0 saturated carbocycles. The minimum absolute atomic E-state index is 0.403. The zero-order chi connectivity index (χ0) is 4.99. The predicted molar refractivity (Wildman–Crippen MR) is 19.7 cm³/mol. The fraction of sp³-hybridized carbons (Fsp3) is 1.00. The van der Waals surface area contributed by atoms with Gasteiger partial charge in [0.05, 0.1) is 0 Å². The highest BCUT2D eigenvalue weighted by atomic mass is 16.8. The van der Waals surface area contributed by atoms with E-state index in [4.69, 9.17) is 10.4 Å². The lowest BCUT2D eigenvalue weighted by atomic mass is 10.5. The Morgan fingerprint density at radius 2 is 2.00 bits per heavy atom. The zero-order valence-electron chi connectivity index (χ0n) is 3.81. The molecule has 0 saturated heterocycles. The Kier molecular flexibility index (Phi) is 3.02. The fourth-order valence-corrected chi connectivity index (χ4v) is 0.224. The van der Waals surface area contributed by atoms with E-state index in [0.29, 0.717) is 6.54 Å². The normalized spacial score (nSPS) is 10.0. The molecule has 3 nitrogen and oxygen atoms in total. The van der Waals surface area contributed by atoms with Crippen LogP contribution in [0, 0.1) is 0 Å². The monoisotopic (exact) mass is 92.1 g/mol. The first-order chi connectivity index (χ1) is 2.77. The molecule has 0 aliphatic carbocycles. The molecule has 0 atom stereocenters. The molecule has 0 unspecified atom stereocenters. The summed E-state index contributed by atoms with van der Waals surface area (Å²) < 4.78 is 0. The fourth-order valence-electron chi connectivity index (χ4n) is 0.224. The van der Waals surface area contributed by atoms with Gasteiger partial charge in [-0.15, -0.1) is 0 Å². The summed E-state index contributed by atoms with van der Waals surface area (Å²) in [6.45, 7) is 2.28. The SMILES string of the molecule is CCC[NH+](O)O. The average Bonchev–Trinajstić information content (AvgIpc) is 1.35. The molecule has 0 aromatic heterocycles. The highest BCUT2D eigenvalue weighted by molar-refractivity contribution is 4.09. The van der Waals surface area contributed by atoms with Crippen LogP contribution >= 0.6 is 0 Å². The molecule has 0 aromatic rings. The summed E-state index contributed by atoms with van der Waals surface area (Å²) in [7, 11) is 0. The van der Waals surface area contributed by atoms with Gasteiger partial charge in [-0.2, -0.15) is 10.4 Å². The molecule has 0 aliphatic heterocycles. The van der Waals surface area contributed by atoms with Crippen LogP contribution in [0.1, 0.15) is 13.3 Å². The maximum atomic E-state index is 8.02. The zero-order valence-corrected chi connectivity index (χ0v) is 3.81. The van der Waals surface area contributed by atoms with Crippen molar-refractivity contribution in [3.05, 3.63) is 0 Å². The molecular formula is C3H10NO2+. The van der Waals surface area contributed by atoms with E-state index in [2.05, 4.69) is 0 Å². The van der Waals surface area contributed by atoms with Gasteiger partial charge in [-0.25, -0.2) is 0 Å². The smallest absolute Gasteiger partial charge is 0.139 e. The van der Waals surface area contributed by atoms with E-state index in [1.54, 1.807) is 0 Å². The summed E-state index contributed by atoms with van der Waals surface area (Å²) >= 11 is 0. The molecule has 38 valence electrons. The van der Waals surface area contributed by atoms with E-state index in [0.717, 1.165) is 6.42 Å². The minimum Gasteiger partial charge on any atom is -0.184 e. The van der Waals surface area contributed by atoms with Crippen LogP contribution in [0.15, 0.2) is 0 Å². The van der Waals surface area contributed by atoms with Gasteiger partial charge in [0.1, 0.15) is 6.54 Å². The summed E-state index contributed by atoms with van der Waals surface area (Å²) in [4.78, 5) is 0. The van der Waals surface area contributed by atoms with Crippen LogP contribution in [0.25, 0.3) is 0 Å². The topological polar surface area (TPSA) is 44.9 Å². The number of nitrogens with one attached hydrogen (secondary N) is 1. The molecule has 0 heterocycles. The molecule has 0 radical (unpaired) electrons. The third-order valence-corrected chi connectivity index (χ3v) is 0.474. The van der Waals surface area contributed by atoms with Crippen LogP contribution < -0.4 is 5.23 Å². The van der Waals surface area contributed by atoms with E-state index in [-0.39, 0.29) is 0 Å². The van der Waals surface area contributed by atoms with Crippen LogP contribution in [0.2, 0.25) is 0 Å². The van der Waals surface area contributed by atoms with Crippen LogP contribution in [0.5, 0.6) is 0 Å². The van der Waals surface area contributed by atoms with Crippen molar-refractivity contribution in [3.63, 3.8) is 0 Å². The van der Waals surface area contributed by atoms with Gasteiger partial charge >= 0.3 is 0 Å². The second-order valence-corrected chi connectivity index (χ2v) is 1.17. The van der Waals surface area contributed by atoms with Crippen molar-refractivity contribution in [1.29, 1.82) is 0 Å². The molecule has 0 aromatic carbocycles. The van der Waals surface area contributed by atoms with Crippen molar-refractivity contribution in [2.75, 3.05) is 6.54 Å². The molecule has 3 N–H and O–H groups in total. The van der Waals surface area contributed by atoms with Gasteiger partial charge in [-0.3, -0.25) is 0 Å². The van der Waals surface area contributed by atoms with Gasteiger partial charge in [-0.05, 0) is 6.42 Å². The Morgan fingerprint density at radius 1 is 1.50 bits per heavy atom. The van der Waals surface area contributed by atoms with E-state index in [1.807, 2.05) is 6.92 Å². The van der Waals surface area contributed by atoms with Gasteiger partial charge in [0.15, 0.2) is 0 Å². The molecule has 0 fully saturated rings.